The lowest BCUT2D eigenvalue weighted by Crippen LogP contribution is -2.42. The molecule has 0 saturated carbocycles. The van der Waals surface area contributed by atoms with Crippen LogP contribution in [0.4, 0.5) is 0 Å². The van der Waals surface area contributed by atoms with Gasteiger partial charge in [-0.3, -0.25) is 14.1 Å². The van der Waals surface area contributed by atoms with Gasteiger partial charge in [0, 0.05) is 25.2 Å². The molecule has 3 heterocycles. The fraction of sp³-hybridized carbons (Fsp3) is 0.435. The summed E-state index contributed by atoms with van der Waals surface area (Å²) in [5.74, 6) is 1.11. The van der Waals surface area contributed by atoms with Crippen LogP contribution in [0.15, 0.2) is 53.5 Å². The van der Waals surface area contributed by atoms with Crippen LogP contribution in [0.25, 0.3) is 5.65 Å². The van der Waals surface area contributed by atoms with Crippen LogP contribution in [0.1, 0.15) is 30.9 Å². The summed E-state index contributed by atoms with van der Waals surface area (Å²) >= 11 is 0. The highest BCUT2D eigenvalue weighted by Crippen LogP contribution is 2.35. The maximum Gasteiger partial charge on any atom is 0.350 e. The number of fused-ring (bicyclic) bond motifs is 1. The number of carbonyl (C=O) groups excluding carboxylic acids is 1. The second-order valence-electron chi connectivity index (χ2n) is 8.09. The molecule has 0 aliphatic carbocycles. The van der Waals surface area contributed by atoms with E-state index >= 15 is 0 Å². The molecule has 2 unspecified atom stereocenters. The van der Waals surface area contributed by atoms with Gasteiger partial charge in [0.2, 0.25) is 5.91 Å². The maximum atomic E-state index is 12.5. The summed E-state index contributed by atoms with van der Waals surface area (Å²) in [6.45, 7) is 1.91. The van der Waals surface area contributed by atoms with Gasteiger partial charge in [0.1, 0.15) is 5.75 Å². The van der Waals surface area contributed by atoms with Gasteiger partial charge >= 0.3 is 5.69 Å². The smallest absolute Gasteiger partial charge is 0.350 e. The van der Waals surface area contributed by atoms with Crippen LogP contribution in [0.5, 0.6) is 5.75 Å². The molecule has 2 atom stereocenters. The number of piperidine rings is 1. The van der Waals surface area contributed by atoms with E-state index < -0.39 is 0 Å². The second-order valence-corrected chi connectivity index (χ2v) is 8.09. The first-order chi connectivity index (χ1) is 15.1. The number of aryl methyl sites for hydroxylation is 1. The lowest BCUT2D eigenvalue weighted by molar-refractivity contribution is -0.121. The summed E-state index contributed by atoms with van der Waals surface area (Å²) < 4.78 is 8.11. The van der Waals surface area contributed by atoms with Gasteiger partial charge < -0.3 is 10.1 Å². The first-order valence-corrected chi connectivity index (χ1v) is 10.7. The Morgan fingerprint density at radius 1 is 1.23 bits per heavy atom. The topological polar surface area (TPSA) is 80.9 Å². The number of rotatable bonds is 7. The third-order valence-corrected chi connectivity index (χ3v) is 6.06. The summed E-state index contributed by atoms with van der Waals surface area (Å²) in [7, 11) is 3.80. The van der Waals surface area contributed by atoms with E-state index in [4.69, 9.17) is 4.74 Å². The number of benzene rings is 1. The molecule has 0 bridgehead atoms. The van der Waals surface area contributed by atoms with E-state index in [-0.39, 0.29) is 30.6 Å². The van der Waals surface area contributed by atoms with Crippen molar-refractivity contribution in [3.63, 3.8) is 0 Å². The summed E-state index contributed by atoms with van der Waals surface area (Å²) in [5.41, 5.74) is 1.59. The molecular formula is C23H29N5O3. The first kappa shape index (κ1) is 21.1. The molecule has 1 aromatic carbocycles. The van der Waals surface area contributed by atoms with E-state index in [0.29, 0.717) is 18.1 Å². The van der Waals surface area contributed by atoms with Crippen molar-refractivity contribution in [2.45, 2.75) is 31.8 Å². The minimum absolute atomic E-state index is 0.0642. The van der Waals surface area contributed by atoms with Gasteiger partial charge in [-0.1, -0.05) is 18.2 Å². The fourth-order valence-corrected chi connectivity index (χ4v) is 4.46. The summed E-state index contributed by atoms with van der Waals surface area (Å²) in [6, 6.07) is 13.8. The first-order valence-electron chi connectivity index (χ1n) is 10.7. The van der Waals surface area contributed by atoms with Crippen molar-refractivity contribution in [2.75, 3.05) is 27.2 Å². The minimum atomic E-state index is -0.225. The number of aromatic nitrogens is 3. The number of methoxy groups -OCH3 is 1. The summed E-state index contributed by atoms with van der Waals surface area (Å²) in [4.78, 5) is 27.2. The molecule has 164 valence electrons. The molecule has 1 amide bonds. The largest absolute Gasteiger partial charge is 0.497 e. The van der Waals surface area contributed by atoms with Gasteiger partial charge in [0.05, 0.1) is 13.7 Å². The molecule has 4 rings (SSSR count). The van der Waals surface area contributed by atoms with Crippen molar-refractivity contribution >= 4 is 11.6 Å². The highest BCUT2D eigenvalue weighted by molar-refractivity contribution is 5.75. The third kappa shape index (κ3) is 4.64. The Hall–Kier alpha value is -3.13. The normalized spacial score (nSPS) is 19.4. The van der Waals surface area contributed by atoms with Crippen LogP contribution in [0.3, 0.4) is 0 Å². The highest BCUT2D eigenvalue weighted by atomic mass is 16.5. The average Bonchev–Trinajstić information content (AvgIpc) is 3.12. The molecule has 8 heteroatoms. The van der Waals surface area contributed by atoms with Gasteiger partial charge in [-0.05, 0) is 62.2 Å². The number of nitrogens with zero attached hydrogens (tertiary/aromatic N) is 4. The summed E-state index contributed by atoms with van der Waals surface area (Å²) in [6.07, 6.45) is 4.08. The van der Waals surface area contributed by atoms with E-state index in [1.54, 1.807) is 25.4 Å². The zero-order valence-corrected chi connectivity index (χ0v) is 18.0. The number of nitrogens with one attached hydrogen (secondary N) is 1. The van der Waals surface area contributed by atoms with E-state index in [0.717, 1.165) is 25.1 Å². The Balaban J connectivity index is 1.36. The van der Waals surface area contributed by atoms with Crippen molar-refractivity contribution in [2.24, 2.45) is 5.92 Å². The molecule has 8 nitrogen and oxygen atoms in total. The number of hydrogen-bond donors (Lipinski definition) is 1. The van der Waals surface area contributed by atoms with Gasteiger partial charge in [-0.2, -0.15) is 0 Å². The van der Waals surface area contributed by atoms with E-state index in [1.165, 1.54) is 14.6 Å². The number of carbonyl (C=O) groups is 1. The average molecular weight is 424 g/mol. The van der Waals surface area contributed by atoms with E-state index in [1.807, 2.05) is 18.2 Å². The van der Waals surface area contributed by atoms with Crippen LogP contribution >= 0.6 is 0 Å². The number of amides is 1. The molecule has 0 spiro atoms. The molecular weight excluding hydrogens is 394 g/mol. The lowest BCUT2D eigenvalue weighted by atomic mass is 9.85. The van der Waals surface area contributed by atoms with Crippen molar-refractivity contribution in [1.82, 2.24) is 24.4 Å². The molecule has 31 heavy (non-hydrogen) atoms. The Bertz CT molecular complexity index is 1090. The Morgan fingerprint density at radius 3 is 2.77 bits per heavy atom. The van der Waals surface area contributed by atoms with Crippen LogP contribution in [0.2, 0.25) is 0 Å². The zero-order valence-electron chi connectivity index (χ0n) is 18.0. The van der Waals surface area contributed by atoms with Gasteiger partial charge in [-0.25, -0.2) is 9.48 Å². The van der Waals surface area contributed by atoms with E-state index in [2.05, 4.69) is 34.5 Å². The molecule has 1 saturated heterocycles. The van der Waals surface area contributed by atoms with Crippen LogP contribution in [-0.2, 0) is 11.3 Å². The Kier molecular flexibility index (Phi) is 6.36. The highest BCUT2D eigenvalue weighted by Gasteiger charge is 2.30. The minimum Gasteiger partial charge on any atom is -0.497 e. The molecule has 1 fully saturated rings. The van der Waals surface area contributed by atoms with Crippen molar-refractivity contribution in [3.8, 4) is 5.75 Å². The van der Waals surface area contributed by atoms with Crippen LogP contribution < -0.4 is 15.7 Å². The van der Waals surface area contributed by atoms with Crippen LogP contribution in [0, 0.1) is 5.92 Å². The van der Waals surface area contributed by atoms with Crippen molar-refractivity contribution < 1.29 is 9.53 Å². The van der Waals surface area contributed by atoms with E-state index in [9.17, 15) is 9.59 Å². The van der Waals surface area contributed by atoms with Crippen molar-refractivity contribution in [1.29, 1.82) is 0 Å². The van der Waals surface area contributed by atoms with Gasteiger partial charge in [-0.15, -0.1) is 5.10 Å². The number of pyridine rings is 1. The standard InChI is InChI=1S/C23H29N5O3/c1-26-13-5-6-18(22(26)17-8-10-19(31-2)11-9-17)16-24-21(29)12-15-28-23(30)27-14-4-3-7-20(27)25-28/h3-4,7-11,14,18,22H,5-6,12-13,15-16H2,1-2H3,(H,24,29). The third-order valence-electron chi connectivity index (χ3n) is 6.06. The zero-order chi connectivity index (χ0) is 21.8. The Labute approximate surface area is 181 Å². The van der Waals surface area contributed by atoms with Gasteiger partial charge in [0.15, 0.2) is 5.65 Å². The molecule has 1 aliphatic rings. The molecule has 1 N–H and O–H groups in total. The van der Waals surface area contributed by atoms with Gasteiger partial charge in [0.25, 0.3) is 0 Å². The molecule has 1 aliphatic heterocycles. The van der Waals surface area contributed by atoms with Crippen molar-refractivity contribution in [3.05, 3.63) is 64.7 Å². The number of likely N-dealkylation sites (tertiary alicyclic amines) is 1. The fourth-order valence-electron chi connectivity index (χ4n) is 4.46. The predicted octanol–water partition coefficient (Wildman–Crippen LogP) is 2.09. The molecule has 3 aromatic rings. The van der Waals surface area contributed by atoms with Crippen LogP contribution in [-0.4, -0.2) is 52.2 Å². The predicted molar refractivity (Wildman–Crippen MR) is 118 cm³/mol. The lowest BCUT2D eigenvalue weighted by Gasteiger charge is -2.39. The maximum absolute atomic E-state index is 12.5. The molecule has 2 aromatic heterocycles. The number of hydrogen-bond acceptors (Lipinski definition) is 5. The monoisotopic (exact) mass is 423 g/mol. The molecule has 0 radical (unpaired) electrons. The Morgan fingerprint density at radius 2 is 2.03 bits per heavy atom. The summed E-state index contributed by atoms with van der Waals surface area (Å²) in [5, 5.41) is 7.36. The second kappa shape index (κ2) is 9.34. The quantitative estimate of drug-likeness (QED) is 0.629. The SMILES string of the molecule is COc1ccc(C2C(CNC(=O)CCn3nc4ccccn4c3=O)CCCN2C)cc1. The number of ether oxygens (including phenoxy) is 1.